The molecule has 4 nitrogen and oxygen atoms in total. The number of carbonyl (C=O) groups is 1. The fourth-order valence-corrected chi connectivity index (χ4v) is 4.81. The Kier molecular flexibility index (Phi) is 4.93. The van der Waals surface area contributed by atoms with E-state index < -0.39 is 12.0 Å². The lowest BCUT2D eigenvalue weighted by Crippen LogP contribution is -2.46. The van der Waals surface area contributed by atoms with Gasteiger partial charge in [0.15, 0.2) is 0 Å². The van der Waals surface area contributed by atoms with Crippen LogP contribution in [-0.4, -0.2) is 33.5 Å². The van der Waals surface area contributed by atoms with Crippen LogP contribution in [0.5, 0.6) is 0 Å². The third kappa shape index (κ3) is 3.33. The van der Waals surface area contributed by atoms with Crippen molar-refractivity contribution in [2.45, 2.75) is 31.3 Å². The first-order valence-corrected chi connectivity index (χ1v) is 10.5. The highest BCUT2D eigenvalue weighted by atomic mass is 16.4. The number of fused-ring (bicyclic) bond motifs is 2. The molecule has 5 rings (SSSR count). The molecule has 30 heavy (non-hydrogen) atoms. The highest BCUT2D eigenvalue weighted by Crippen LogP contribution is 2.38. The first-order chi connectivity index (χ1) is 14.7. The number of aliphatic carboxylic acids is 1. The molecule has 2 atom stereocenters. The van der Waals surface area contributed by atoms with Crippen LogP contribution < -0.4 is 0 Å². The van der Waals surface area contributed by atoms with Crippen LogP contribution in [0.4, 0.5) is 0 Å². The SMILES string of the molecule is O=C(O)C1CCCCN1C(c1ccc2ccccc2c1)c1ccnc2ccccc12. The Hall–Kier alpha value is -3.24. The van der Waals surface area contributed by atoms with E-state index in [0.29, 0.717) is 6.42 Å². The van der Waals surface area contributed by atoms with Gasteiger partial charge in [-0.1, -0.05) is 61.0 Å². The summed E-state index contributed by atoms with van der Waals surface area (Å²) in [6.07, 6.45) is 4.49. The Morgan fingerprint density at radius 3 is 2.63 bits per heavy atom. The van der Waals surface area contributed by atoms with Gasteiger partial charge in [-0.05, 0) is 59.5 Å². The molecule has 1 saturated heterocycles. The molecule has 0 saturated carbocycles. The monoisotopic (exact) mass is 396 g/mol. The minimum absolute atomic E-state index is 0.135. The van der Waals surface area contributed by atoms with Gasteiger partial charge in [-0.15, -0.1) is 0 Å². The highest BCUT2D eigenvalue weighted by Gasteiger charge is 2.35. The smallest absolute Gasteiger partial charge is 0.320 e. The zero-order valence-corrected chi connectivity index (χ0v) is 16.7. The third-order valence-electron chi connectivity index (χ3n) is 6.23. The summed E-state index contributed by atoms with van der Waals surface area (Å²) in [5, 5.41) is 13.4. The van der Waals surface area contributed by atoms with Crippen molar-refractivity contribution in [2.75, 3.05) is 6.54 Å². The number of para-hydroxylation sites is 1. The standard InChI is InChI=1S/C26H24N2O2/c29-26(30)24-11-5-6-16-28(24)25(20-13-12-18-7-1-2-8-19(18)17-20)22-14-15-27-23-10-4-3-9-21(22)23/h1-4,7-10,12-15,17,24-25H,5-6,11,16H2,(H,29,30). The number of carboxylic acids is 1. The fraction of sp³-hybridized carbons (Fsp3) is 0.231. The number of benzene rings is 3. The van der Waals surface area contributed by atoms with Crippen LogP contribution in [0.15, 0.2) is 79.0 Å². The molecular weight excluding hydrogens is 372 g/mol. The van der Waals surface area contributed by atoms with Gasteiger partial charge >= 0.3 is 5.97 Å². The summed E-state index contributed by atoms with van der Waals surface area (Å²) in [5.74, 6) is -0.737. The van der Waals surface area contributed by atoms with Gasteiger partial charge in [0.05, 0.1) is 11.6 Å². The van der Waals surface area contributed by atoms with E-state index in [9.17, 15) is 9.90 Å². The maximum atomic E-state index is 12.2. The van der Waals surface area contributed by atoms with E-state index in [1.165, 1.54) is 10.8 Å². The van der Waals surface area contributed by atoms with Gasteiger partial charge in [-0.25, -0.2) is 0 Å². The number of hydrogen-bond acceptors (Lipinski definition) is 3. The van der Waals surface area contributed by atoms with E-state index in [0.717, 1.165) is 41.4 Å². The average molecular weight is 396 g/mol. The molecule has 0 aliphatic carbocycles. The molecule has 1 aliphatic rings. The summed E-state index contributed by atoms with van der Waals surface area (Å²) >= 11 is 0. The van der Waals surface area contributed by atoms with Gasteiger partial charge in [0, 0.05) is 11.6 Å². The number of pyridine rings is 1. The second-order valence-corrected chi connectivity index (χ2v) is 8.01. The summed E-state index contributed by atoms with van der Waals surface area (Å²) in [5.41, 5.74) is 3.17. The molecule has 150 valence electrons. The Balaban J connectivity index is 1.73. The number of piperidine rings is 1. The van der Waals surface area contributed by atoms with Crippen molar-refractivity contribution in [3.63, 3.8) is 0 Å². The number of likely N-dealkylation sites (tertiary alicyclic amines) is 1. The Morgan fingerprint density at radius 2 is 1.77 bits per heavy atom. The maximum absolute atomic E-state index is 12.2. The second-order valence-electron chi connectivity index (χ2n) is 8.01. The zero-order valence-electron chi connectivity index (χ0n) is 16.7. The molecule has 4 heteroatoms. The molecular formula is C26H24N2O2. The molecule has 0 amide bonds. The van der Waals surface area contributed by atoms with Crippen molar-refractivity contribution in [1.82, 2.24) is 9.88 Å². The van der Waals surface area contributed by atoms with Gasteiger partial charge in [0.25, 0.3) is 0 Å². The quantitative estimate of drug-likeness (QED) is 0.501. The second kappa shape index (κ2) is 7.88. The van der Waals surface area contributed by atoms with Crippen molar-refractivity contribution in [3.8, 4) is 0 Å². The maximum Gasteiger partial charge on any atom is 0.320 e. The summed E-state index contributed by atoms with van der Waals surface area (Å²) in [4.78, 5) is 18.9. The van der Waals surface area contributed by atoms with E-state index in [-0.39, 0.29) is 6.04 Å². The van der Waals surface area contributed by atoms with E-state index >= 15 is 0 Å². The highest BCUT2D eigenvalue weighted by molar-refractivity contribution is 5.85. The lowest BCUT2D eigenvalue weighted by Gasteiger charge is -2.40. The van der Waals surface area contributed by atoms with Crippen LogP contribution in [-0.2, 0) is 4.79 Å². The number of rotatable bonds is 4. The van der Waals surface area contributed by atoms with Gasteiger partial charge in [-0.2, -0.15) is 0 Å². The van der Waals surface area contributed by atoms with E-state index in [4.69, 9.17) is 0 Å². The molecule has 0 bridgehead atoms. The van der Waals surface area contributed by atoms with E-state index in [2.05, 4.69) is 52.3 Å². The van der Waals surface area contributed by atoms with Crippen molar-refractivity contribution in [1.29, 1.82) is 0 Å². The molecule has 3 aromatic carbocycles. The minimum Gasteiger partial charge on any atom is -0.480 e. The summed E-state index contributed by atoms with van der Waals surface area (Å²) < 4.78 is 0. The van der Waals surface area contributed by atoms with Gasteiger partial charge in [0.1, 0.15) is 6.04 Å². The number of carboxylic acid groups (broad SMARTS) is 1. The minimum atomic E-state index is -0.737. The first-order valence-electron chi connectivity index (χ1n) is 10.5. The lowest BCUT2D eigenvalue weighted by atomic mass is 9.89. The molecule has 0 radical (unpaired) electrons. The van der Waals surface area contributed by atoms with Crippen LogP contribution in [0.25, 0.3) is 21.7 Å². The van der Waals surface area contributed by atoms with Crippen LogP contribution in [0.1, 0.15) is 36.4 Å². The Labute approximate surface area is 175 Å². The number of hydrogen-bond donors (Lipinski definition) is 1. The predicted molar refractivity (Wildman–Crippen MR) is 120 cm³/mol. The van der Waals surface area contributed by atoms with Crippen LogP contribution in [0, 0.1) is 0 Å². The molecule has 1 fully saturated rings. The van der Waals surface area contributed by atoms with Crippen molar-refractivity contribution < 1.29 is 9.90 Å². The van der Waals surface area contributed by atoms with E-state index in [1.807, 2.05) is 36.5 Å². The molecule has 0 spiro atoms. The summed E-state index contributed by atoms with van der Waals surface area (Å²) in [6, 6.07) is 24.4. The molecule has 1 aliphatic heterocycles. The van der Waals surface area contributed by atoms with Crippen LogP contribution in [0.3, 0.4) is 0 Å². The zero-order chi connectivity index (χ0) is 20.5. The normalized spacial score (nSPS) is 18.5. The van der Waals surface area contributed by atoms with Crippen LogP contribution >= 0.6 is 0 Å². The largest absolute Gasteiger partial charge is 0.480 e. The van der Waals surface area contributed by atoms with Crippen molar-refractivity contribution >= 4 is 27.6 Å². The van der Waals surface area contributed by atoms with Crippen molar-refractivity contribution in [3.05, 3.63) is 90.1 Å². The number of aromatic nitrogens is 1. The Bertz CT molecular complexity index is 1210. The average Bonchev–Trinajstić information content (AvgIpc) is 2.79. The molecule has 2 heterocycles. The van der Waals surface area contributed by atoms with Gasteiger partial charge in [-0.3, -0.25) is 14.7 Å². The summed E-state index contributed by atoms with van der Waals surface area (Å²) in [7, 11) is 0. The third-order valence-corrected chi connectivity index (χ3v) is 6.23. The molecule has 1 aromatic heterocycles. The lowest BCUT2D eigenvalue weighted by molar-refractivity contribution is -0.145. The predicted octanol–water partition coefficient (Wildman–Crippen LogP) is 5.42. The van der Waals surface area contributed by atoms with Crippen molar-refractivity contribution in [2.24, 2.45) is 0 Å². The van der Waals surface area contributed by atoms with Gasteiger partial charge < -0.3 is 5.11 Å². The topological polar surface area (TPSA) is 53.4 Å². The fourth-order valence-electron chi connectivity index (χ4n) is 4.81. The van der Waals surface area contributed by atoms with Gasteiger partial charge in [0.2, 0.25) is 0 Å². The van der Waals surface area contributed by atoms with Crippen LogP contribution in [0.2, 0.25) is 0 Å². The number of nitrogens with zero attached hydrogens (tertiary/aromatic N) is 2. The molecule has 2 unspecified atom stereocenters. The molecule has 4 aromatic rings. The van der Waals surface area contributed by atoms with E-state index in [1.54, 1.807) is 0 Å². The first kappa shape index (κ1) is 18.8. The Morgan fingerprint density at radius 1 is 0.967 bits per heavy atom. The summed E-state index contributed by atoms with van der Waals surface area (Å²) in [6.45, 7) is 0.769. The molecule has 1 N–H and O–H groups in total.